The molecule has 5 rings (SSSR count). The van der Waals surface area contributed by atoms with Crippen molar-refractivity contribution in [2.75, 3.05) is 31.6 Å². The minimum atomic E-state index is -0.742. The molecule has 0 fully saturated rings. The van der Waals surface area contributed by atoms with Gasteiger partial charge in [0.05, 0.1) is 12.3 Å². The third kappa shape index (κ3) is 4.70. The van der Waals surface area contributed by atoms with E-state index in [1.807, 2.05) is 18.2 Å². The average molecular weight is 447 g/mol. The van der Waals surface area contributed by atoms with Crippen molar-refractivity contribution in [2.24, 2.45) is 0 Å². The van der Waals surface area contributed by atoms with Crippen molar-refractivity contribution < 1.29 is 23.5 Å². The van der Waals surface area contributed by atoms with E-state index < -0.39 is 11.8 Å². The zero-order valence-corrected chi connectivity index (χ0v) is 18.1. The number of hydrogen-bond donors (Lipinski definition) is 2. The highest BCUT2D eigenvalue weighted by Crippen LogP contribution is 2.32. The smallest absolute Gasteiger partial charge is 0.313 e. The van der Waals surface area contributed by atoms with Crippen molar-refractivity contribution in [3.63, 3.8) is 0 Å². The fraction of sp³-hybridized carbons (Fsp3) is 0.280. The summed E-state index contributed by atoms with van der Waals surface area (Å²) in [5.74, 6) is 0.463. The molecule has 0 unspecified atom stereocenters. The number of ether oxygens (including phenoxy) is 2. The zero-order chi connectivity index (χ0) is 22.6. The van der Waals surface area contributed by atoms with E-state index >= 15 is 0 Å². The second-order valence-corrected chi connectivity index (χ2v) is 8.04. The molecule has 2 amide bonds. The molecule has 2 aliphatic rings. The number of benzene rings is 2. The van der Waals surface area contributed by atoms with Crippen molar-refractivity contribution in [3.8, 4) is 11.5 Å². The summed E-state index contributed by atoms with van der Waals surface area (Å²) >= 11 is 0. The van der Waals surface area contributed by atoms with E-state index in [9.17, 15) is 9.59 Å². The van der Waals surface area contributed by atoms with E-state index in [2.05, 4.69) is 33.7 Å². The fourth-order valence-electron chi connectivity index (χ4n) is 4.25. The van der Waals surface area contributed by atoms with Crippen molar-refractivity contribution >= 4 is 17.5 Å². The first-order valence-electron chi connectivity index (χ1n) is 11.0. The Hall–Kier alpha value is -3.78. The van der Waals surface area contributed by atoms with Crippen LogP contribution in [0.2, 0.25) is 0 Å². The topological polar surface area (TPSA) is 93.0 Å². The number of amides is 2. The monoisotopic (exact) mass is 447 g/mol. The first-order valence-corrected chi connectivity index (χ1v) is 11.0. The van der Waals surface area contributed by atoms with Crippen LogP contribution in [0.3, 0.4) is 0 Å². The summed E-state index contributed by atoms with van der Waals surface area (Å²) in [6.07, 6.45) is 2.54. The quantitative estimate of drug-likeness (QED) is 0.585. The fourth-order valence-corrected chi connectivity index (χ4v) is 4.25. The molecule has 2 aromatic carbocycles. The van der Waals surface area contributed by atoms with E-state index in [0.29, 0.717) is 30.4 Å². The third-order valence-corrected chi connectivity index (χ3v) is 5.93. The molecular weight excluding hydrogens is 422 g/mol. The van der Waals surface area contributed by atoms with Crippen LogP contribution in [0.4, 0.5) is 5.69 Å². The number of rotatable bonds is 5. The van der Waals surface area contributed by atoms with Crippen LogP contribution in [0, 0.1) is 0 Å². The largest absolute Gasteiger partial charge is 0.486 e. The second kappa shape index (κ2) is 9.38. The lowest BCUT2D eigenvalue weighted by molar-refractivity contribution is -0.136. The lowest BCUT2D eigenvalue weighted by Crippen LogP contribution is -2.43. The number of furan rings is 1. The van der Waals surface area contributed by atoms with Gasteiger partial charge in [-0.3, -0.25) is 14.5 Å². The maximum absolute atomic E-state index is 12.6. The van der Waals surface area contributed by atoms with Gasteiger partial charge < -0.3 is 24.5 Å². The van der Waals surface area contributed by atoms with Gasteiger partial charge in [-0.2, -0.15) is 0 Å². The Kier molecular flexibility index (Phi) is 5.99. The third-order valence-electron chi connectivity index (χ3n) is 5.93. The summed E-state index contributed by atoms with van der Waals surface area (Å²) in [6.45, 7) is 2.77. The summed E-state index contributed by atoms with van der Waals surface area (Å²) in [7, 11) is 0. The summed E-state index contributed by atoms with van der Waals surface area (Å²) in [5.41, 5.74) is 3.08. The van der Waals surface area contributed by atoms with Crippen LogP contribution in [0.1, 0.15) is 22.9 Å². The van der Waals surface area contributed by atoms with Gasteiger partial charge in [0, 0.05) is 31.4 Å². The Bertz CT molecular complexity index is 1140. The molecule has 0 saturated carbocycles. The molecule has 1 atom stereocenters. The van der Waals surface area contributed by atoms with Crippen molar-refractivity contribution in [1.29, 1.82) is 0 Å². The SMILES string of the molecule is O=C(NC[C@@H](c1ccco1)N1CCc2ccccc2C1)C(=O)Nc1ccc2c(c1)OCCO2. The molecule has 33 heavy (non-hydrogen) atoms. The van der Waals surface area contributed by atoms with Crippen LogP contribution in [0.15, 0.2) is 65.3 Å². The second-order valence-electron chi connectivity index (χ2n) is 8.04. The molecular formula is C25H25N3O5. The van der Waals surface area contributed by atoms with Gasteiger partial charge in [0.1, 0.15) is 19.0 Å². The van der Waals surface area contributed by atoms with E-state index in [0.717, 1.165) is 25.3 Å². The summed E-state index contributed by atoms with van der Waals surface area (Å²) in [6, 6.07) is 16.9. The molecule has 1 aromatic heterocycles. The molecule has 3 heterocycles. The first kappa shape index (κ1) is 21.1. The van der Waals surface area contributed by atoms with Crippen LogP contribution in [-0.2, 0) is 22.6 Å². The van der Waals surface area contributed by atoms with E-state index in [1.165, 1.54) is 11.1 Å². The molecule has 8 nitrogen and oxygen atoms in total. The van der Waals surface area contributed by atoms with Gasteiger partial charge in [-0.1, -0.05) is 24.3 Å². The Labute approximate surface area is 191 Å². The van der Waals surface area contributed by atoms with Crippen molar-refractivity contribution in [2.45, 2.75) is 19.0 Å². The maximum atomic E-state index is 12.6. The summed E-state index contributed by atoms with van der Waals surface area (Å²) in [4.78, 5) is 27.3. The number of nitrogens with zero attached hydrogens (tertiary/aromatic N) is 1. The van der Waals surface area contributed by atoms with E-state index in [1.54, 1.807) is 24.5 Å². The maximum Gasteiger partial charge on any atom is 0.313 e. The Morgan fingerprint density at radius 1 is 0.939 bits per heavy atom. The predicted molar refractivity (Wildman–Crippen MR) is 121 cm³/mol. The molecule has 8 heteroatoms. The molecule has 2 N–H and O–H groups in total. The van der Waals surface area contributed by atoms with Crippen molar-refractivity contribution in [3.05, 3.63) is 77.7 Å². The van der Waals surface area contributed by atoms with E-state index in [4.69, 9.17) is 13.9 Å². The molecule has 3 aromatic rings. The normalized spacial score (nSPS) is 15.9. The number of anilines is 1. The highest BCUT2D eigenvalue weighted by molar-refractivity contribution is 6.39. The molecule has 0 radical (unpaired) electrons. The Morgan fingerprint density at radius 3 is 2.58 bits per heavy atom. The Balaban J connectivity index is 1.23. The number of fused-ring (bicyclic) bond motifs is 2. The average Bonchev–Trinajstić information content (AvgIpc) is 3.38. The van der Waals surface area contributed by atoms with Gasteiger partial charge in [-0.05, 0) is 41.8 Å². The number of hydrogen-bond acceptors (Lipinski definition) is 6. The van der Waals surface area contributed by atoms with Gasteiger partial charge in [-0.25, -0.2) is 0 Å². The van der Waals surface area contributed by atoms with E-state index in [-0.39, 0.29) is 12.6 Å². The summed E-state index contributed by atoms with van der Waals surface area (Å²) in [5, 5.41) is 5.39. The lowest BCUT2D eigenvalue weighted by atomic mass is 9.98. The molecule has 0 spiro atoms. The van der Waals surface area contributed by atoms with Crippen LogP contribution in [0.25, 0.3) is 0 Å². The first-order chi connectivity index (χ1) is 16.2. The molecule has 170 valence electrons. The Morgan fingerprint density at radius 2 is 1.76 bits per heavy atom. The summed E-state index contributed by atoms with van der Waals surface area (Å²) < 4.78 is 16.7. The van der Waals surface area contributed by atoms with Gasteiger partial charge in [0.15, 0.2) is 11.5 Å². The van der Waals surface area contributed by atoms with Crippen LogP contribution in [-0.4, -0.2) is 43.0 Å². The highest BCUT2D eigenvalue weighted by atomic mass is 16.6. The number of carbonyl (C=O) groups is 2. The zero-order valence-electron chi connectivity index (χ0n) is 18.1. The lowest BCUT2D eigenvalue weighted by Gasteiger charge is -2.34. The van der Waals surface area contributed by atoms with Crippen molar-refractivity contribution in [1.82, 2.24) is 10.2 Å². The van der Waals surface area contributed by atoms with Gasteiger partial charge in [0.2, 0.25) is 0 Å². The van der Waals surface area contributed by atoms with Gasteiger partial charge >= 0.3 is 11.8 Å². The molecule has 0 bridgehead atoms. The standard InChI is InChI=1S/C25H25N3O5/c29-24(25(30)27-19-7-8-22-23(14-19)33-13-12-32-22)26-15-20(21-6-3-11-31-21)28-10-9-17-4-1-2-5-18(17)16-28/h1-8,11,14,20H,9-10,12-13,15-16H2,(H,26,29)(H,27,30)/t20-/m0/s1. The highest BCUT2D eigenvalue weighted by Gasteiger charge is 2.28. The number of carbonyl (C=O) groups excluding carboxylic acids is 2. The predicted octanol–water partition coefficient (Wildman–Crippen LogP) is 2.91. The van der Waals surface area contributed by atoms with Crippen LogP contribution < -0.4 is 20.1 Å². The minimum absolute atomic E-state index is 0.181. The molecule has 2 aliphatic heterocycles. The minimum Gasteiger partial charge on any atom is -0.486 e. The number of nitrogens with one attached hydrogen (secondary N) is 2. The van der Waals surface area contributed by atoms with Crippen LogP contribution in [0.5, 0.6) is 11.5 Å². The van der Waals surface area contributed by atoms with Gasteiger partial charge in [-0.15, -0.1) is 0 Å². The van der Waals surface area contributed by atoms with Crippen LogP contribution >= 0.6 is 0 Å². The van der Waals surface area contributed by atoms with Gasteiger partial charge in [0.25, 0.3) is 0 Å². The molecule has 0 aliphatic carbocycles. The molecule has 0 saturated heterocycles.